The molecule has 0 bridgehead atoms. The molecule has 0 fully saturated rings. The normalized spacial score (nSPS) is 10.9. The highest BCUT2D eigenvalue weighted by molar-refractivity contribution is 6.32. The number of halogens is 1. The van der Waals surface area contributed by atoms with Gasteiger partial charge >= 0.3 is 5.97 Å². The van der Waals surface area contributed by atoms with Gasteiger partial charge in [-0.15, -0.1) is 0 Å². The van der Waals surface area contributed by atoms with Crippen molar-refractivity contribution in [3.8, 4) is 0 Å². The molecule has 84 valence electrons. The Kier molecular flexibility index (Phi) is 2.64. The van der Waals surface area contributed by atoms with Crippen LogP contribution in [-0.2, 0) is 18.3 Å². The summed E-state index contributed by atoms with van der Waals surface area (Å²) >= 11 is 6.04. The van der Waals surface area contributed by atoms with Gasteiger partial charge < -0.3 is 9.67 Å². The highest BCUT2D eigenvalue weighted by Gasteiger charge is 2.11. The molecule has 1 aromatic heterocycles. The summed E-state index contributed by atoms with van der Waals surface area (Å²) in [5, 5.41) is 10.5. The van der Waals surface area contributed by atoms with Crippen LogP contribution < -0.4 is 0 Å². The topological polar surface area (TPSA) is 42.2 Å². The number of aryl methyl sites for hydroxylation is 2. The summed E-state index contributed by atoms with van der Waals surface area (Å²) in [5.74, 6) is -0.819. The maximum Gasteiger partial charge on any atom is 0.307 e. The molecule has 1 N–H and O–H groups in total. The number of carboxylic acid groups (broad SMARTS) is 1. The van der Waals surface area contributed by atoms with E-state index < -0.39 is 5.97 Å². The van der Waals surface area contributed by atoms with Crippen LogP contribution in [0.1, 0.15) is 11.1 Å². The van der Waals surface area contributed by atoms with Crippen LogP contribution in [0.5, 0.6) is 0 Å². The van der Waals surface area contributed by atoms with Crippen molar-refractivity contribution in [2.45, 2.75) is 13.3 Å². The zero-order chi connectivity index (χ0) is 11.9. The Hall–Kier alpha value is -1.48. The van der Waals surface area contributed by atoms with Gasteiger partial charge in [-0.3, -0.25) is 4.79 Å². The molecule has 0 aliphatic rings. The molecule has 0 spiro atoms. The average Bonchev–Trinajstić information content (AvgIpc) is 2.44. The molecule has 4 heteroatoms. The molecule has 0 aliphatic heterocycles. The Morgan fingerprint density at radius 3 is 2.81 bits per heavy atom. The van der Waals surface area contributed by atoms with Crippen molar-refractivity contribution in [2.75, 3.05) is 0 Å². The van der Waals surface area contributed by atoms with Gasteiger partial charge in [-0.05, 0) is 30.2 Å². The first-order chi connectivity index (χ1) is 7.49. The number of rotatable bonds is 2. The Balaban J connectivity index is 2.68. The fourth-order valence-electron chi connectivity index (χ4n) is 1.90. The second kappa shape index (κ2) is 3.83. The Morgan fingerprint density at radius 2 is 2.19 bits per heavy atom. The third-order valence-electron chi connectivity index (χ3n) is 2.69. The first kappa shape index (κ1) is 11.0. The monoisotopic (exact) mass is 237 g/mol. The van der Waals surface area contributed by atoms with E-state index in [4.69, 9.17) is 16.7 Å². The summed E-state index contributed by atoms with van der Waals surface area (Å²) in [4.78, 5) is 10.7. The van der Waals surface area contributed by atoms with Crippen LogP contribution in [0.4, 0.5) is 0 Å². The van der Waals surface area contributed by atoms with Crippen molar-refractivity contribution in [2.24, 2.45) is 7.05 Å². The molecular formula is C12H12ClNO2. The number of aromatic nitrogens is 1. The number of hydrogen-bond acceptors (Lipinski definition) is 1. The van der Waals surface area contributed by atoms with Crippen LogP contribution in [0.25, 0.3) is 10.9 Å². The standard InChI is InChI=1S/C12H12ClNO2/c1-7-3-9-8(4-12(15)16)6-14(2)11(9)5-10(7)13/h3,5-6H,4H2,1-2H3,(H,15,16). The summed E-state index contributed by atoms with van der Waals surface area (Å²) in [6.07, 6.45) is 1.88. The van der Waals surface area contributed by atoms with E-state index in [0.717, 1.165) is 22.0 Å². The highest BCUT2D eigenvalue weighted by atomic mass is 35.5. The van der Waals surface area contributed by atoms with Gasteiger partial charge in [0.05, 0.1) is 6.42 Å². The summed E-state index contributed by atoms with van der Waals surface area (Å²) in [6.45, 7) is 1.92. The number of carboxylic acids is 1. The van der Waals surface area contributed by atoms with Crippen molar-refractivity contribution in [3.63, 3.8) is 0 Å². The second-order valence-electron chi connectivity index (χ2n) is 3.95. The minimum absolute atomic E-state index is 0.0401. The fraction of sp³-hybridized carbons (Fsp3) is 0.250. The van der Waals surface area contributed by atoms with Gasteiger partial charge in [0.25, 0.3) is 0 Å². The molecule has 0 atom stereocenters. The van der Waals surface area contributed by atoms with Crippen LogP contribution in [0.3, 0.4) is 0 Å². The van der Waals surface area contributed by atoms with Crippen molar-refractivity contribution >= 4 is 28.5 Å². The fourth-order valence-corrected chi connectivity index (χ4v) is 2.05. The van der Waals surface area contributed by atoms with E-state index in [1.165, 1.54) is 0 Å². The van der Waals surface area contributed by atoms with Crippen molar-refractivity contribution in [1.82, 2.24) is 4.57 Å². The molecule has 16 heavy (non-hydrogen) atoms. The highest BCUT2D eigenvalue weighted by Crippen LogP contribution is 2.27. The van der Waals surface area contributed by atoms with Gasteiger partial charge in [0.2, 0.25) is 0 Å². The Morgan fingerprint density at radius 1 is 1.50 bits per heavy atom. The van der Waals surface area contributed by atoms with Crippen LogP contribution in [0.15, 0.2) is 18.3 Å². The van der Waals surface area contributed by atoms with Gasteiger partial charge in [0.15, 0.2) is 0 Å². The molecule has 0 radical (unpaired) electrons. The Bertz CT molecular complexity index is 572. The molecule has 1 aromatic carbocycles. The van der Waals surface area contributed by atoms with Crippen molar-refractivity contribution in [3.05, 3.63) is 34.5 Å². The molecule has 0 aliphatic carbocycles. The molecule has 0 saturated heterocycles. The summed E-state index contributed by atoms with van der Waals surface area (Å²) in [5.41, 5.74) is 2.75. The molecule has 1 heterocycles. The lowest BCUT2D eigenvalue weighted by atomic mass is 10.1. The summed E-state index contributed by atoms with van der Waals surface area (Å²) in [6, 6.07) is 3.81. The van der Waals surface area contributed by atoms with Crippen LogP contribution in [0, 0.1) is 6.92 Å². The first-order valence-electron chi connectivity index (χ1n) is 4.95. The Labute approximate surface area is 98.3 Å². The van der Waals surface area contributed by atoms with E-state index in [1.54, 1.807) is 0 Å². The predicted octanol–water partition coefficient (Wildman–Crippen LogP) is 2.77. The molecule has 2 rings (SSSR count). The number of benzene rings is 1. The predicted molar refractivity (Wildman–Crippen MR) is 64.0 cm³/mol. The molecule has 0 saturated carbocycles. The maximum absolute atomic E-state index is 10.7. The van der Waals surface area contributed by atoms with Gasteiger partial charge in [-0.25, -0.2) is 0 Å². The van der Waals surface area contributed by atoms with Gasteiger partial charge in [-0.2, -0.15) is 0 Å². The van der Waals surface area contributed by atoms with Crippen LogP contribution in [0.2, 0.25) is 5.02 Å². The molecule has 0 amide bonds. The van der Waals surface area contributed by atoms with E-state index in [9.17, 15) is 4.79 Å². The lowest BCUT2D eigenvalue weighted by Gasteiger charge is -2.01. The zero-order valence-electron chi connectivity index (χ0n) is 9.12. The first-order valence-corrected chi connectivity index (χ1v) is 5.32. The number of aliphatic carboxylic acids is 1. The van der Waals surface area contributed by atoms with Crippen LogP contribution in [-0.4, -0.2) is 15.6 Å². The van der Waals surface area contributed by atoms with Crippen LogP contribution >= 0.6 is 11.6 Å². The van der Waals surface area contributed by atoms with E-state index in [1.807, 2.05) is 36.9 Å². The van der Waals surface area contributed by atoms with Crippen molar-refractivity contribution < 1.29 is 9.90 Å². The minimum Gasteiger partial charge on any atom is -0.481 e. The molecule has 2 aromatic rings. The SMILES string of the molecule is Cc1cc2c(CC(=O)O)cn(C)c2cc1Cl. The van der Waals surface area contributed by atoms with Gasteiger partial charge in [-0.1, -0.05) is 11.6 Å². The number of nitrogens with zero attached hydrogens (tertiary/aromatic N) is 1. The summed E-state index contributed by atoms with van der Waals surface area (Å²) < 4.78 is 1.90. The molecular weight excluding hydrogens is 226 g/mol. The zero-order valence-corrected chi connectivity index (χ0v) is 9.88. The lowest BCUT2D eigenvalue weighted by molar-refractivity contribution is -0.136. The smallest absolute Gasteiger partial charge is 0.307 e. The number of hydrogen-bond donors (Lipinski definition) is 1. The third-order valence-corrected chi connectivity index (χ3v) is 3.10. The number of carbonyl (C=O) groups is 1. The van der Waals surface area contributed by atoms with E-state index in [-0.39, 0.29) is 6.42 Å². The summed E-state index contributed by atoms with van der Waals surface area (Å²) in [7, 11) is 1.89. The van der Waals surface area contributed by atoms with E-state index >= 15 is 0 Å². The third kappa shape index (κ3) is 1.78. The minimum atomic E-state index is -0.819. The largest absolute Gasteiger partial charge is 0.481 e. The number of fused-ring (bicyclic) bond motifs is 1. The second-order valence-corrected chi connectivity index (χ2v) is 4.36. The van der Waals surface area contributed by atoms with Gasteiger partial charge in [0.1, 0.15) is 0 Å². The molecule has 3 nitrogen and oxygen atoms in total. The van der Waals surface area contributed by atoms with E-state index in [2.05, 4.69) is 0 Å². The lowest BCUT2D eigenvalue weighted by Crippen LogP contribution is -1.99. The average molecular weight is 238 g/mol. The maximum atomic E-state index is 10.7. The molecule has 0 unspecified atom stereocenters. The van der Waals surface area contributed by atoms with Gasteiger partial charge in [0, 0.05) is 29.2 Å². The van der Waals surface area contributed by atoms with E-state index in [0.29, 0.717) is 5.02 Å². The quantitative estimate of drug-likeness (QED) is 0.873. The van der Waals surface area contributed by atoms with Crippen molar-refractivity contribution in [1.29, 1.82) is 0 Å².